The number of hydrogen-bond donors (Lipinski definition) is 0. The van der Waals surface area contributed by atoms with Gasteiger partial charge in [-0.2, -0.15) is 5.26 Å². The van der Waals surface area contributed by atoms with E-state index in [2.05, 4.69) is 4.98 Å². The SMILES string of the molecule is CN(CCC#N)C(=O)COC(=O)c1nc(Cl)c(Cl)c(Cl)c1Cl. The second-order valence-corrected chi connectivity index (χ2v) is 5.48. The molecule has 0 aromatic carbocycles. The fourth-order valence-electron chi connectivity index (χ4n) is 1.27. The molecule has 0 aliphatic rings. The van der Waals surface area contributed by atoms with E-state index in [0.717, 1.165) is 0 Å². The highest BCUT2D eigenvalue weighted by Gasteiger charge is 2.22. The Kier molecular flexibility index (Phi) is 7.17. The maximum absolute atomic E-state index is 11.9. The summed E-state index contributed by atoms with van der Waals surface area (Å²) in [6.45, 7) is -0.304. The molecular formula is C12H9Cl4N3O3. The zero-order valence-corrected chi connectivity index (χ0v) is 14.2. The van der Waals surface area contributed by atoms with Crippen molar-refractivity contribution in [2.24, 2.45) is 0 Å². The van der Waals surface area contributed by atoms with Crippen LogP contribution in [0.25, 0.3) is 0 Å². The number of carbonyl (C=O) groups excluding carboxylic acids is 2. The predicted octanol–water partition coefficient (Wildman–Crippen LogP) is 3.22. The van der Waals surface area contributed by atoms with E-state index in [-0.39, 0.29) is 38.9 Å². The van der Waals surface area contributed by atoms with Crippen molar-refractivity contribution < 1.29 is 14.3 Å². The molecule has 0 atom stereocenters. The molecule has 1 amide bonds. The summed E-state index contributed by atoms with van der Waals surface area (Å²) in [5, 5.41) is 7.79. The van der Waals surface area contributed by atoms with Gasteiger partial charge in [-0.15, -0.1) is 0 Å². The maximum Gasteiger partial charge on any atom is 0.359 e. The Bertz CT molecular complexity index is 645. The number of nitrogens with zero attached hydrogens (tertiary/aromatic N) is 3. The summed E-state index contributed by atoms with van der Waals surface area (Å²) >= 11 is 23.1. The molecule has 0 saturated carbocycles. The van der Waals surface area contributed by atoms with Crippen molar-refractivity contribution in [1.29, 1.82) is 5.26 Å². The van der Waals surface area contributed by atoms with Gasteiger partial charge < -0.3 is 9.64 Å². The average molecular weight is 385 g/mol. The van der Waals surface area contributed by atoms with E-state index >= 15 is 0 Å². The Morgan fingerprint density at radius 2 is 1.86 bits per heavy atom. The first-order valence-electron chi connectivity index (χ1n) is 5.77. The third-order valence-electron chi connectivity index (χ3n) is 2.49. The standard InChI is InChI=1S/C12H9Cl4N3O3/c1-19(4-2-3-17)6(20)5-22-12(21)10-8(14)7(13)9(15)11(16)18-10/h2,4-5H2,1H3. The van der Waals surface area contributed by atoms with Gasteiger partial charge in [0.2, 0.25) is 0 Å². The molecule has 0 fully saturated rings. The Morgan fingerprint density at radius 3 is 2.45 bits per heavy atom. The number of carbonyl (C=O) groups is 2. The summed E-state index contributed by atoms with van der Waals surface area (Å²) in [5.41, 5.74) is -0.339. The Hall–Kier alpha value is -1.26. The van der Waals surface area contributed by atoms with E-state index in [1.54, 1.807) is 0 Å². The first-order chi connectivity index (χ1) is 10.3. The molecule has 0 bridgehead atoms. The summed E-state index contributed by atoms with van der Waals surface area (Å²) in [5.74, 6) is -1.45. The van der Waals surface area contributed by atoms with Crippen LogP contribution in [0.1, 0.15) is 16.9 Å². The molecule has 1 aromatic rings. The molecule has 0 N–H and O–H groups in total. The minimum absolute atomic E-state index is 0.0859. The first-order valence-corrected chi connectivity index (χ1v) is 7.28. The van der Waals surface area contributed by atoms with Gasteiger partial charge in [-0.3, -0.25) is 4.79 Å². The average Bonchev–Trinajstić information content (AvgIpc) is 2.51. The molecule has 1 aromatic heterocycles. The fourth-order valence-corrected chi connectivity index (χ4v) is 2.08. The third-order valence-corrected chi connectivity index (χ3v) is 4.17. The molecule has 6 nitrogen and oxygen atoms in total. The van der Waals surface area contributed by atoms with Crippen LogP contribution in [0.2, 0.25) is 20.2 Å². The number of halogens is 4. The number of rotatable bonds is 5. The number of amides is 1. The molecule has 0 spiro atoms. The Balaban J connectivity index is 2.75. The molecule has 10 heteroatoms. The van der Waals surface area contributed by atoms with Crippen LogP contribution in [0, 0.1) is 11.3 Å². The van der Waals surface area contributed by atoms with Crippen LogP contribution in [0.3, 0.4) is 0 Å². The van der Waals surface area contributed by atoms with Gasteiger partial charge >= 0.3 is 5.97 Å². The minimum Gasteiger partial charge on any atom is -0.451 e. The lowest BCUT2D eigenvalue weighted by atomic mass is 10.3. The zero-order chi connectivity index (χ0) is 16.9. The molecule has 0 saturated heterocycles. The van der Waals surface area contributed by atoms with Crippen LogP contribution in [0.4, 0.5) is 0 Å². The quantitative estimate of drug-likeness (QED) is 0.574. The Labute approximate surface area is 146 Å². The highest BCUT2D eigenvalue weighted by molar-refractivity contribution is 6.52. The zero-order valence-electron chi connectivity index (χ0n) is 11.2. The minimum atomic E-state index is -0.965. The van der Waals surface area contributed by atoms with Crippen molar-refractivity contribution in [2.45, 2.75) is 6.42 Å². The largest absolute Gasteiger partial charge is 0.451 e. The van der Waals surface area contributed by atoms with Crippen molar-refractivity contribution in [3.63, 3.8) is 0 Å². The fraction of sp³-hybridized carbons (Fsp3) is 0.333. The normalized spacial score (nSPS) is 10.0. The highest BCUT2D eigenvalue weighted by Crippen LogP contribution is 2.36. The lowest BCUT2D eigenvalue weighted by Gasteiger charge is -2.15. The number of ether oxygens (including phenoxy) is 1. The van der Waals surface area contributed by atoms with Crippen molar-refractivity contribution in [3.05, 3.63) is 25.9 Å². The van der Waals surface area contributed by atoms with Crippen LogP contribution >= 0.6 is 46.4 Å². The second kappa shape index (κ2) is 8.39. The van der Waals surface area contributed by atoms with Crippen molar-refractivity contribution in [2.75, 3.05) is 20.2 Å². The van der Waals surface area contributed by atoms with E-state index in [9.17, 15) is 9.59 Å². The molecule has 0 aliphatic carbocycles. The van der Waals surface area contributed by atoms with Crippen molar-refractivity contribution >= 4 is 58.3 Å². The summed E-state index contributed by atoms with van der Waals surface area (Å²) in [4.78, 5) is 28.5. The smallest absolute Gasteiger partial charge is 0.359 e. The van der Waals surface area contributed by atoms with Crippen LogP contribution < -0.4 is 0 Å². The Morgan fingerprint density at radius 1 is 1.23 bits per heavy atom. The molecule has 1 rings (SSSR count). The van der Waals surface area contributed by atoms with Gasteiger partial charge in [0, 0.05) is 13.6 Å². The van der Waals surface area contributed by atoms with Gasteiger partial charge in [0.1, 0.15) is 5.15 Å². The summed E-state index contributed by atoms with van der Waals surface area (Å²) in [6.07, 6.45) is 0.173. The molecule has 118 valence electrons. The molecular weight excluding hydrogens is 376 g/mol. The summed E-state index contributed by atoms with van der Waals surface area (Å²) < 4.78 is 4.80. The number of pyridine rings is 1. The second-order valence-electron chi connectivity index (χ2n) is 3.99. The van der Waals surface area contributed by atoms with Crippen LogP contribution in [0.15, 0.2) is 0 Å². The molecule has 22 heavy (non-hydrogen) atoms. The van der Waals surface area contributed by atoms with Gasteiger partial charge in [0.25, 0.3) is 5.91 Å². The lowest BCUT2D eigenvalue weighted by molar-refractivity contribution is -0.133. The van der Waals surface area contributed by atoms with Gasteiger partial charge in [0.15, 0.2) is 12.3 Å². The van der Waals surface area contributed by atoms with E-state index in [1.165, 1.54) is 11.9 Å². The van der Waals surface area contributed by atoms with Crippen LogP contribution in [-0.4, -0.2) is 42.0 Å². The van der Waals surface area contributed by atoms with Crippen molar-refractivity contribution in [3.8, 4) is 6.07 Å². The van der Waals surface area contributed by atoms with Gasteiger partial charge in [-0.25, -0.2) is 9.78 Å². The number of aromatic nitrogens is 1. The van der Waals surface area contributed by atoms with Crippen molar-refractivity contribution in [1.82, 2.24) is 9.88 Å². The van der Waals surface area contributed by atoms with E-state index in [1.807, 2.05) is 6.07 Å². The molecule has 0 radical (unpaired) electrons. The summed E-state index contributed by atoms with van der Waals surface area (Å²) in [6, 6.07) is 1.90. The topological polar surface area (TPSA) is 83.3 Å². The van der Waals surface area contributed by atoms with Gasteiger partial charge in [0.05, 0.1) is 27.6 Å². The van der Waals surface area contributed by atoms with E-state index in [0.29, 0.717) is 0 Å². The van der Waals surface area contributed by atoms with Crippen LogP contribution in [0.5, 0.6) is 0 Å². The van der Waals surface area contributed by atoms with E-state index < -0.39 is 18.5 Å². The van der Waals surface area contributed by atoms with Crippen LogP contribution in [-0.2, 0) is 9.53 Å². The monoisotopic (exact) mass is 383 g/mol. The number of likely N-dealkylation sites (N-methyl/N-ethyl adjacent to an activating group) is 1. The highest BCUT2D eigenvalue weighted by atomic mass is 35.5. The maximum atomic E-state index is 11.9. The predicted molar refractivity (Wildman–Crippen MR) is 82.4 cm³/mol. The van der Waals surface area contributed by atoms with E-state index in [4.69, 9.17) is 56.4 Å². The number of nitriles is 1. The number of hydrogen-bond acceptors (Lipinski definition) is 5. The van der Waals surface area contributed by atoms with Gasteiger partial charge in [-0.1, -0.05) is 46.4 Å². The molecule has 1 heterocycles. The lowest BCUT2D eigenvalue weighted by Crippen LogP contribution is -2.32. The third kappa shape index (κ3) is 4.62. The summed E-state index contributed by atoms with van der Waals surface area (Å²) in [7, 11) is 1.48. The number of esters is 1. The van der Waals surface area contributed by atoms with Gasteiger partial charge in [-0.05, 0) is 0 Å². The molecule has 0 aliphatic heterocycles. The molecule has 0 unspecified atom stereocenters. The first kappa shape index (κ1) is 18.8.